The van der Waals surface area contributed by atoms with Crippen molar-refractivity contribution >= 4 is 92.7 Å². The summed E-state index contributed by atoms with van der Waals surface area (Å²) >= 11 is 0. The zero-order valence-corrected chi connectivity index (χ0v) is 80.1. The van der Waals surface area contributed by atoms with Gasteiger partial charge in [0.2, 0.25) is 0 Å². The minimum atomic E-state index is -1.42. The van der Waals surface area contributed by atoms with Gasteiger partial charge in [0, 0.05) is 111 Å². The number of nitrogens with one attached hydrogen (secondary N) is 2. The Labute approximate surface area is 839 Å². The molecule has 3 atom stereocenters. The van der Waals surface area contributed by atoms with Crippen LogP contribution in [-0.2, 0) is 38.1 Å². The maximum Gasteiger partial charge on any atom is 0.347 e. The summed E-state index contributed by atoms with van der Waals surface area (Å²) in [4.78, 5) is 158. The van der Waals surface area contributed by atoms with Gasteiger partial charge in [-0.25, -0.2) is 81.8 Å². The number of benzene rings is 2. The fourth-order valence-electron chi connectivity index (χ4n) is 14.9. The highest BCUT2D eigenvalue weighted by molar-refractivity contribution is 6.70. The number of esters is 2. The van der Waals surface area contributed by atoms with E-state index in [2.05, 4.69) is 132 Å². The van der Waals surface area contributed by atoms with Gasteiger partial charge in [-0.05, 0) is 182 Å². The first-order chi connectivity index (χ1) is 71.8. The molecule has 2 aromatic carbocycles. The number of nitrogens with zero attached hydrogens (tertiary/aromatic N) is 30. The lowest BCUT2D eigenvalue weighted by atomic mass is 9.91. The van der Waals surface area contributed by atoms with Crippen LogP contribution in [-0.4, -0.2) is 238 Å². The number of aromatic nitrogens is 25. The van der Waals surface area contributed by atoms with Crippen molar-refractivity contribution < 1.29 is 79.3 Å². The number of nitrogens with two attached hydrogens (primary N) is 1. The van der Waals surface area contributed by atoms with Gasteiger partial charge in [0.25, 0.3) is 35.4 Å². The number of aliphatic imine (C=N–C) groups is 5. The zero-order chi connectivity index (χ0) is 105. The van der Waals surface area contributed by atoms with Crippen LogP contribution in [0.2, 0.25) is 0 Å². The third kappa shape index (κ3) is 24.5. The van der Waals surface area contributed by atoms with Crippen molar-refractivity contribution in [1.82, 2.24) is 129 Å². The number of allylic oxidation sites excluding steroid dienone is 5. The van der Waals surface area contributed by atoms with Gasteiger partial charge in [-0.1, -0.05) is 6.08 Å². The van der Waals surface area contributed by atoms with E-state index in [9.17, 15) is 60.7 Å². The number of fused-ring (bicyclic) bond motifs is 3. The number of hydrogen-bond donors (Lipinski definition) is 3. The number of methoxy groups -OCH3 is 1. The quantitative estimate of drug-likeness (QED) is 0.0363. The van der Waals surface area contributed by atoms with Crippen LogP contribution in [0.4, 0.5) is 23.2 Å². The molecule has 5 aliphatic heterocycles. The van der Waals surface area contributed by atoms with Gasteiger partial charge in [-0.3, -0.25) is 56.2 Å². The van der Waals surface area contributed by atoms with Crippen LogP contribution >= 0.6 is 0 Å². The Morgan fingerprint density at radius 2 is 1.05 bits per heavy atom. The molecule has 47 nitrogen and oxygen atoms in total. The maximum absolute atomic E-state index is 13.7. The van der Waals surface area contributed by atoms with E-state index in [0.29, 0.717) is 99.3 Å². The molecule has 0 saturated carbocycles. The molecule has 4 N–H and O–H groups in total. The predicted molar refractivity (Wildman–Crippen MR) is 521 cm³/mol. The molecule has 51 heteroatoms. The number of hydrogen-bond acceptors (Lipinski definition) is 36. The number of rotatable bonds is 20. The number of aryl methyl sites for hydroxylation is 2. The molecule has 0 radical (unpaired) electrons. The third-order valence-electron chi connectivity index (χ3n) is 22.3. The number of ether oxygens (including phenoxy) is 4. The van der Waals surface area contributed by atoms with Crippen molar-refractivity contribution in [2.24, 2.45) is 36.6 Å². The number of ketones is 1. The molecule has 752 valence electrons. The number of imidazole rings is 6. The molecule has 6 aliphatic rings. The molecule has 5 amide bonds. The first-order valence-corrected chi connectivity index (χ1v) is 45.0. The van der Waals surface area contributed by atoms with Crippen LogP contribution < -0.4 is 22.0 Å². The Hall–Kier alpha value is -19.6. The van der Waals surface area contributed by atoms with Crippen molar-refractivity contribution in [3.63, 3.8) is 0 Å². The fourth-order valence-corrected chi connectivity index (χ4v) is 14.9. The highest BCUT2D eigenvalue weighted by atomic mass is 19.2. The average Bonchev–Trinajstić information content (AvgIpc) is 1.76. The second-order valence-electron chi connectivity index (χ2n) is 33.2. The Morgan fingerprint density at radius 3 is 1.52 bits per heavy atom. The zero-order valence-electron chi connectivity index (χ0n) is 80.1. The summed E-state index contributed by atoms with van der Waals surface area (Å²) in [5.41, 5.74) is 10.0. The Kier molecular flexibility index (Phi) is 31.4. The Balaban J connectivity index is 0.000000127. The Bertz CT molecular complexity index is 7970. The summed E-state index contributed by atoms with van der Waals surface area (Å²) in [6.45, 7) is 14.4. The Morgan fingerprint density at radius 1 is 0.550 bits per heavy atom. The van der Waals surface area contributed by atoms with Crippen LogP contribution in [0, 0.1) is 31.4 Å². The lowest BCUT2D eigenvalue weighted by Gasteiger charge is -2.32. The van der Waals surface area contributed by atoms with Gasteiger partial charge >= 0.3 is 17.6 Å². The molecule has 18 heterocycles. The van der Waals surface area contributed by atoms with Crippen LogP contribution in [0.25, 0.3) is 57.4 Å². The van der Waals surface area contributed by atoms with E-state index in [-0.39, 0.29) is 105 Å². The fraction of sp³-hybridized carbons (Fsp3) is 0.194. The summed E-state index contributed by atoms with van der Waals surface area (Å²) < 4.78 is 90.9. The van der Waals surface area contributed by atoms with Crippen LogP contribution in [0.3, 0.4) is 0 Å². The molecule has 0 saturated heterocycles. The van der Waals surface area contributed by atoms with E-state index in [0.717, 1.165) is 23.4 Å². The predicted octanol–water partition coefficient (Wildman–Crippen LogP) is 9.91. The number of amidine groups is 2. The van der Waals surface area contributed by atoms with E-state index >= 15 is 0 Å². The SMILES string of the molecule is CC1=CCC2=NC(c3ccc(-n4ccnc4)nn3)=NC(=O)C2=N1.CCOC(=O)C1=C(CC(=O)c2ccc(-n3ccnc3)nn2)C[C@@H](C)O[C@H]1C.COC(=O)C1=C(NC(=O)c2ccc(-n3ccnc3)nn2)CC(C)(C)OC1.Cc1c(F)ccc2nc(-c3ccc(-n4ccnc4)nn3)oc(=O)c12.Cc1cc(C(N)=O)c(NC(=O)c2ccc(-n3ccnc3)nn2)cc1F.O=C1N=C(c2ccc(-n3ccnc3)nn2)N=C2C=CC(F)=C(F)C12. The first kappa shape index (κ1) is 102. The highest BCUT2D eigenvalue weighted by Gasteiger charge is 2.38. The van der Waals surface area contributed by atoms with Crippen molar-refractivity contribution in [3.8, 4) is 46.5 Å². The van der Waals surface area contributed by atoms with Crippen LogP contribution in [0.5, 0.6) is 0 Å². The van der Waals surface area contributed by atoms with Crippen molar-refractivity contribution in [3.05, 3.63) is 335 Å². The third-order valence-corrected chi connectivity index (χ3v) is 22.3. The summed E-state index contributed by atoms with van der Waals surface area (Å²) in [6.07, 6.45) is 34.7. The maximum atomic E-state index is 13.7. The molecule has 0 spiro atoms. The van der Waals surface area contributed by atoms with Crippen molar-refractivity contribution in [1.29, 1.82) is 0 Å². The lowest BCUT2D eigenvalue weighted by Crippen LogP contribution is -2.39. The first-order valence-electron chi connectivity index (χ1n) is 45.0. The van der Waals surface area contributed by atoms with Crippen molar-refractivity contribution in [2.75, 3.05) is 25.6 Å². The molecule has 149 heavy (non-hydrogen) atoms. The molecule has 0 fully saturated rings. The smallest absolute Gasteiger partial charge is 0.347 e. The van der Waals surface area contributed by atoms with Gasteiger partial charge < -0.3 is 39.7 Å². The molecule has 13 aromatic heterocycles. The monoisotopic (exact) mass is 2020 g/mol. The second kappa shape index (κ2) is 45.7. The van der Waals surface area contributed by atoms with E-state index in [1.807, 2.05) is 33.8 Å². The standard InChI is InChI=1S/C19H22N4O4.C17H19N5O4.C16H13FN6O2.C16H10FN5O2.C15H8F2N6O.C15H11N7O/c1-4-26-19(25)18-13(3)27-12(2)9-14(18)10-16(24)15-5-6-17(22-21-15)23-8-7-20-11-23;1-17(2)8-13(11(9-26-17)16(24)25-3)19-15(23)12-4-5-14(21-20-12)22-7-6-18-10-22;1-9-6-10(15(18)24)13(7-11(9)17)20-16(25)12-2-3-14(22-21-12)23-5-4-19-8-23;1-9-10(17)2-3-11-14(9)16(23)24-15(19-11)12-4-5-13(21-20-12)22-7-6-18-8-22;16-8-1-2-9-12(13(8)17)15(24)20-14(19-9)10-3-4-11(22-21-10)23-6-5-18-7-23;1-9-2-3-10-13(17-9)15(23)19-14(18-10)11-4-5-12(21-20-11)22-7-6-16-8-22/h5-8,11-13H,4,9-10H2,1-3H3;4-7,10H,8-9H2,1-3H3,(H,19,23);2-8H,1H3,(H2,18,24)(H,20,25);2-8H,1H3;1-7,12H;2,4-8H,3H2,1H3/t12-,13+;;;;;/m1...../s1. The molecule has 0 bridgehead atoms. The average molecular weight is 2020 g/mol. The second-order valence-corrected chi connectivity index (χ2v) is 33.2. The number of Topliss-reactive ketones (excluding diaryl/α,β-unsaturated/α-hetero) is 1. The molecule has 1 unspecified atom stereocenters. The molecule has 15 aromatic rings. The minimum Gasteiger partial charge on any atom is -0.466 e. The van der Waals surface area contributed by atoms with Crippen LogP contribution in [0.15, 0.2) is 302 Å². The number of carbonyl (C=O) groups excluding carboxylic acids is 8. The van der Waals surface area contributed by atoms with Gasteiger partial charge in [0.15, 0.2) is 81.1 Å². The minimum absolute atomic E-state index is 0.000249. The number of anilines is 1. The molecular weight excluding hydrogens is 1940 g/mol. The normalized spacial score (nSPS) is 15.8. The van der Waals surface area contributed by atoms with Gasteiger partial charge in [-0.2, -0.15) is 9.98 Å². The largest absolute Gasteiger partial charge is 0.466 e. The number of amides is 5. The summed E-state index contributed by atoms with van der Waals surface area (Å²) in [7, 11) is 1.29. The highest BCUT2D eigenvalue weighted by Crippen LogP contribution is 2.34. The molecule has 21 rings (SSSR count). The molecular formula is C98H83F4N33O14. The van der Waals surface area contributed by atoms with Gasteiger partial charge in [0.1, 0.15) is 78.3 Å². The number of primary amides is 1. The van der Waals surface area contributed by atoms with E-state index < -0.39 is 88.0 Å². The van der Waals surface area contributed by atoms with E-state index in [1.54, 1.807) is 214 Å². The molecule has 1 aliphatic carbocycles. The van der Waals surface area contributed by atoms with E-state index in [1.165, 1.54) is 57.6 Å². The summed E-state index contributed by atoms with van der Waals surface area (Å²) in [5.74, 6) is -5.36. The van der Waals surface area contributed by atoms with Gasteiger partial charge in [-0.15, -0.1) is 61.2 Å². The summed E-state index contributed by atoms with van der Waals surface area (Å²) in [6, 6.07) is 24.7. The lowest BCUT2D eigenvalue weighted by molar-refractivity contribution is -0.141. The topological polar surface area (TPSA) is 590 Å². The van der Waals surface area contributed by atoms with Gasteiger partial charge in [0.05, 0.1) is 82.9 Å². The van der Waals surface area contributed by atoms with Crippen LogP contribution in [0.1, 0.15) is 132 Å². The van der Waals surface area contributed by atoms with E-state index in [4.69, 9.17) is 29.1 Å². The number of halogens is 4. The van der Waals surface area contributed by atoms with Crippen molar-refractivity contribution in [2.45, 2.75) is 98.9 Å². The summed E-state index contributed by atoms with van der Waals surface area (Å²) in [5, 5.41) is 53.4. The number of carbonyl (C=O) groups is 8.